The number of rotatable bonds is 7. The van der Waals surface area contributed by atoms with Crippen LogP contribution in [0.15, 0.2) is 42.5 Å². The Kier molecular flexibility index (Phi) is 7.53. The molecule has 0 aromatic heterocycles. The number of likely N-dealkylation sites (tertiary alicyclic amines) is 1. The molecule has 1 fully saturated rings. The number of amides is 1. The number of anilines is 1. The van der Waals surface area contributed by atoms with Crippen LogP contribution >= 0.6 is 0 Å². The van der Waals surface area contributed by atoms with Crippen molar-refractivity contribution in [3.8, 4) is 17.2 Å². The fourth-order valence-corrected chi connectivity index (χ4v) is 4.35. The van der Waals surface area contributed by atoms with Gasteiger partial charge < -0.3 is 24.0 Å². The molecule has 1 amide bonds. The van der Waals surface area contributed by atoms with Gasteiger partial charge in [0.15, 0.2) is 0 Å². The lowest BCUT2D eigenvalue weighted by Crippen LogP contribution is -2.38. The Balaban J connectivity index is 1.39. The third kappa shape index (κ3) is 5.36. The molecule has 2 heterocycles. The number of hydrogen-bond donors (Lipinski definition) is 0. The Morgan fingerprint density at radius 3 is 2.53 bits per heavy atom. The number of fused-ring (bicyclic) bond motifs is 1. The molecule has 2 aromatic rings. The van der Waals surface area contributed by atoms with E-state index >= 15 is 0 Å². The largest absolute Gasteiger partial charge is 0.497 e. The van der Waals surface area contributed by atoms with E-state index < -0.39 is 0 Å². The highest BCUT2D eigenvalue weighted by molar-refractivity contribution is 6.07. The Hall–Kier alpha value is -2.73. The standard InChI is InChI=1S/C26H34N2O4/c1-3-4-14-27-16-12-22(13-17-27)32-21-8-6-20(7-9-21)26(29)28-15-5-18-31-25-19-23(30-2)10-11-24(25)28/h6-11,19,22H,3-5,12-18H2,1-2H3. The summed E-state index contributed by atoms with van der Waals surface area (Å²) in [5.74, 6) is 2.20. The van der Waals surface area contributed by atoms with Crippen LogP contribution in [0, 0.1) is 0 Å². The predicted octanol–water partition coefficient (Wildman–Crippen LogP) is 4.77. The normalized spacial score (nSPS) is 17.2. The van der Waals surface area contributed by atoms with Gasteiger partial charge in [-0.1, -0.05) is 13.3 Å². The molecule has 6 heteroatoms. The fraction of sp³-hybridized carbons (Fsp3) is 0.500. The second-order valence-electron chi connectivity index (χ2n) is 8.53. The molecule has 0 radical (unpaired) electrons. The SMILES string of the molecule is CCCCN1CCC(Oc2ccc(C(=O)N3CCCOc4cc(OC)ccc43)cc2)CC1. The van der Waals surface area contributed by atoms with Gasteiger partial charge in [0.25, 0.3) is 5.91 Å². The summed E-state index contributed by atoms with van der Waals surface area (Å²) in [7, 11) is 1.63. The zero-order valence-electron chi connectivity index (χ0n) is 19.2. The van der Waals surface area contributed by atoms with Crippen LogP contribution in [0.4, 0.5) is 5.69 Å². The van der Waals surface area contributed by atoms with Gasteiger partial charge in [-0.2, -0.15) is 0 Å². The number of piperidine rings is 1. The average Bonchev–Trinajstić information content (AvgIpc) is 3.05. The third-order valence-electron chi connectivity index (χ3n) is 6.25. The highest BCUT2D eigenvalue weighted by Crippen LogP contribution is 2.35. The minimum atomic E-state index is -0.0299. The van der Waals surface area contributed by atoms with Crippen molar-refractivity contribution in [2.75, 3.05) is 44.8 Å². The van der Waals surface area contributed by atoms with E-state index in [-0.39, 0.29) is 12.0 Å². The van der Waals surface area contributed by atoms with E-state index in [1.165, 1.54) is 19.4 Å². The van der Waals surface area contributed by atoms with Crippen LogP contribution in [0.2, 0.25) is 0 Å². The van der Waals surface area contributed by atoms with Gasteiger partial charge >= 0.3 is 0 Å². The Morgan fingerprint density at radius 1 is 1.06 bits per heavy atom. The molecule has 4 rings (SSSR count). The van der Waals surface area contributed by atoms with E-state index in [4.69, 9.17) is 14.2 Å². The Bertz CT molecular complexity index is 891. The number of carbonyl (C=O) groups excluding carboxylic acids is 1. The van der Waals surface area contributed by atoms with Crippen molar-refractivity contribution in [3.63, 3.8) is 0 Å². The first kappa shape index (κ1) is 22.5. The summed E-state index contributed by atoms with van der Waals surface area (Å²) in [6, 6.07) is 13.2. The van der Waals surface area contributed by atoms with Gasteiger partial charge in [-0.25, -0.2) is 0 Å². The summed E-state index contributed by atoms with van der Waals surface area (Å²) in [5.41, 5.74) is 1.43. The maximum atomic E-state index is 13.3. The molecule has 0 unspecified atom stereocenters. The Labute approximate surface area is 191 Å². The third-order valence-corrected chi connectivity index (χ3v) is 6.25. The molecule has 2 aliphatic heterocycles. The van der Waals surface area contributed by atoms with Crippen LogP contribution in [-0.4, -0.2) is 56.8 Å². The summed E-state index contributed by atoms with van der Waals surface area (Å²) in [6.07, 6.45) is 5.64. The molecule has 172 valence electrons. The van der Waals surface area contributed by atoms with Gasteiger partial charge in [-0.05, 0) is 68.6 Å². The van der Waals surface area contributed by atoms with Gasteiger partial charge in [-0.15, -0.1) is 0 Å². The van der Waals surface area contributed by atoms with Gasteiger partial charge in [-0.3, -0.25) is 4.79 Å². The molecule has 6 nitrogen and oxygen atoms in total. The van der Waals surface area contributed by atoms with Crippen molar-refractivity contribution in [1.29, 1.82) is 0 Å². The minimum absolute atomic E-state index is 0.0299. The summed E-state index contributed by atoms with van der Waals surface area (Å²) in [4.78, 5) is 17.6. The van der Waals surface area contributed by atoms with E-state index in [0.29, 0.717) is 24.5 Å². The van der Waals surface area contributed by atoms with Crippen molar-refractivity contribution < 1.29 is 19.0 Å². The van der Waals surface area contributed by atoms with Crippen LogP contribution in [0.25, 0.3) is 0 Å². The van der Waals surface area contributed by atoms with Crippen LogP contribution in [0.5, 0.6) is 17.2 Å². The molecule has 0 saturated carbocycles. The van der Waals surface area contributed by atoms with Crippen molar-refractivity contribution in [2.24, 2.45) is 0 Å². The van der Waals surface area contributed by atoms with Gasteiger partial charge in [0.2, 0.25) is 0 Å². The average molecular weight is 439 g/mol. The van der Waals surface area contributed by atoms with Crippen molar-refractivity contribution in [3.05, 3.63) is 48.0 Å². The molecule has 2 aliphatic rings. The highest BCUT2D eigenvalue weighted by atomic mass is 16.5. The van der Waals surface area contributed by atoms with E-state index in [2.05, 4.69) is 11.8 Å². The number of ether oxygens (including phenoxy) is 3. The van der Waals surface area contributed by atoms with E-state index in [1.54, 1.807) is 12.0 Å². The maximum Gasteiger partial charge on any atom is 0.258 e. The summed E-state index contributed by atoms with van der Waals surface area (Å²) in [6.45, 7) is 6.82. The zero-order valence-corrected chi connectivity index (χ0v) is 19.2. The van der Waals surface area contributed by atoms with Crippen LogP contribution in [0.1, 0.15) is 49.4 Å². The highest BCUT2D eigenvalue weighted by Gasteiger charge is 2.24. The first-order chi connectivity index (χ1) is 15.7. The van der Waals surface area contributed by atoms with E-state index in [9.17, 15) is 4.79 Å². The summed E-state index contributed by atoms with van der Waals surface area (Å²) >= 11 is 0. The molecular formula is C26H34N2O4. The monoisotopic (exact) mass is 438 g/mol. The molecule has 0 aliphatic carbocycles. The molecule has 0 spiro atoms. The molecule has 32 heavy (non-hydrogen) atoms. The number of carbonyl (C=O) groups is 1. The fourth-order valence-electron chi connectivity index (χ4n) is 4.35. The van der Waals surface area contributed by atoms with Crippen molar-refractivity contribution in [2.45, 2.75) is 45.1 Å². The number of benzene rings is 2. The van der Waals surface area contributed by atoms with E-state index in [1.807, 2.05) is 42.5 Å². The summed E-state index contributed by atoms with van der Waals surface area (Å²) in [5, 5.41) is 0. The zero-order chi connectivity index (χ0) is 22.3. The maximum absolute atomic E-state index is 13.3. The molecule has 2 aromatic carbocycles. The lowest BCUT2D eigenvalue weighted by Gasteiger charge is -2.32. The predicted molar refractivity (Wildman–Crippen MR) is 126 cm³/mol. The first-order valence-corrected chi connectivity index (χ1v) is 11.8. The lowest BCUT2D eigenvalue weighted by molar-refractivity contribution is 0.0984. The topological polar surface area (TPSA) is 51.2 Å². The minimum Gasteiger partial charge on any atom is -0.497 e. The van der Waals surface area contributed by atoms with Crippen molar-refractivity contribution >= 4 is 11.6 Å². The second-order valence-corrected chi connectivity index (χ2v) is 8.53. The smallest absolute Gasteiger partial charge is 0.258 e. The first-order valence-electron chi connectivity index (χ1n) is 11.8. The molecule has 0 bridgehead atoms. The van der Waals surface area contributed by atoms with Gasteiger partial charge in [0.1, 0.15) is 23.4 Å². The van der Waals surface area contributed by atoms with Crippen LogP contribution < -0.4 is 19.1 Å². The molecular weight excluding hydrogens is 404 g/mol. The van der Waals surface area contributed by atoms with E-state index in [0.717, 1.165) is 49.5 Å². The number of unbranched alkanes of at least 4 members (excludes halogenated alkanes) is 1. The van der Waals surface area contributed by atoms with Crippen LogP contribution in [-0.2, 0) is 0 Å². The molecule has 0 N–H and O–H groups in total. The molecule has 0 atom stereocenters. The second kappa shape index (κ2) is 10.7. The van der Waals surface area contributed by atoms with Crippen LogP contribution in [0.3, 0.4) is 0 Å². The number of nitrogens with zero attached hydrogens (tertiary/aromatic N) is 2. The Morgan fingerprint density at radius 2 is 1.81 bits per heavy atom. The quantitative estimate of drug-likeness (QED) is 0.623. The van der Waals surface area contributed by atoms with Crippen molar-refractivity contribution in [1.82, 2.24) is 4.90 Å². The van der Waals surface area contributed by atoms with Gasteiger partial charge in [0.05, 0.1) is 19.4 Å². The van der Waals surface area contributed by atoms with Gasteiger partial charge in [0, 0.05) is 31.3 Å². The molecule has 1 saturated heterocycles. The lowest BCUT2D eigenvalue weighted by atomic mass is 10.1. The number of methoxy groups -OCH3 is 1. The number of hydrogen-bond acceptors (Lipinski definition) is 5. The summed E-state index contributed by atoms with van der Waals surface area (Å²) < 4.78 is 17.3.